The number of fused-ring (bicyclic) bond motifs is 1. The van der Waals surface area contributed by atoms with Crippen LogP contribution < -0.4 is 5.56 Å². The van der Waals surface area contributed by atoms with Crippen LogP contribution in [0.5, 0.6) is 5.75 Å². The van der Waals surface area contributed by atoms with Crippen molar-refractivity contribution in [1.82, 2.24) is 14.5 Å². The fraction of sp³-hybridized carbons (Fsp3) is 0.542. The summed E-state index contributed by atoms with van der Waals surface area (Å²) in [5, 5.41) is 10.3. The maximum Gasteiger partial charge on any atom is 0.315 e. The molecule has 0 bridgehead atoms. The highest BCUT2D eigenvalue weighted by atomic mass is 16.3. The number of hydrogen-bond donors (Lipinski definition) is 1. The van der Waals surface area contributed by atoms with E-state index in [1.807, 2.05) is 0 Å². The number of likely N-dealkylation sites (N-methyl/N-ethyl adjacent to an activating group) is 1. The van der Waals surface area contributed by atoms with Gasteiger partial charge in [0.05, 0.1) is 0 Å². The Balaban J connectivity index is 1.86. The Kier molecular flexibility index (Phi) is 5.43. The number of amides is 1. The lowest BCUT2D eigenvalue weighted by molar-refractivity contribution is 0.0737. The summed E-state index contributed by atoms with van der Waals surface area (Å²) in [4.78, 5) is 31.0. The molecule has 1 aliphatic carbocycles. The van der Waals surface area contributed by atoms with Crippen LogP contribution >= 0.6 is 0 Å². The molecule has 1 aromatic carbocycles. The van der Waals surface area contributed by atoms with Crippen LogP contribution in [0.25, 0.3) is 0 Å². The first-order chi connectivity index (χ1) is 14.4. The highest BCUT2D eigenvalue weighted by molar-refractivity contribution is 5.95. The molecular formula is C24H31N3O3. The minimum atomic E-state index is -0.704. The van der Waals surface area contributed by atoms with Crippen molar-refractivity contribution < 1.29 is 9.90 Å². The molecule has 6 heteroatoms. The second-order valence-corrected chi connectivity index (χ2v) is 8.93. The summed E-state index contributed by atoms with van der Waals surface area (Å²) in [7, 11) is 1.69. The molecule has 4 rings (SSSR count). The average molecular weight is 410 g/mol. The Bertz CT molecular complexity index is 1030. The fourth-order valence-corrected chi connectivity index (χ4v) is 5.25. The highest BCUT2D eigenvalue weighted by Crippen LogP contribution is 2.43. The van der Waals surface area contributed by atoms with Crippen LogP contribution in [0.15, 0.2) is 23.0 Å². The molecule has 0 radical (unpaired) electrons. The summed E-state index contributed by atoms with van der Waals surface area (Å²) in [6, 6.07) is 6.72. The van der Waals surface area contributed by atoms with Crippen molar-refractivity contribution in [2.75, 3.05) is 13.6 Å². The van der Waals surface area contributed by atoms with Gasteiger partial charge in [-0.25, -0.2) is 0 Å². The molecule has 1 amide bonds. The van der Waals surface area contributed by atoms with Gasteiger partial charge >= 0.3 is 5.56 Å². The van der Waals surface area contributed by atoms with Gasteiger partial charge in [-0.2, -0.15) is 4.98 Å². The van der Waals surface area contributed by atoms with Gasteiger partial charge in [-0.15, -0.1) is 0 Å². The number of carbonyl (C=O) groups excluding carboxylic acids is 1. The van der Waals surface area contributed by atoms with Crippen molar-refractivity contribution in [3.05, 3.63) is 56.8 Å². The van der Waals surface area contributed by atoms with Crippen LogP contribution in [-0.4, -0.2) is 39.1 Å². The summed E-state index contributed by atoms with van der Waals surface area (Å²) >= 11 is 0. The molecule has 1 aliphatic heterocycles. The minimum absolute atomic E-state index is 0.0868. The van der Waals surface area contributed by atoms with Crippen LogP contribution in [0.2, 0.25) is 0 Å². The molecular weight excluding hydrogens is 378 g/mol. The number of benzene rings is 1. The molecule has 30 heavy (non-hydrogen) atoms. The quantitative estimate of drug-likeness (QED) is 0.840. The van der Waals surface area contributed by atoms with E-state index in [1.165, 1.54) is 23.1 Å². The third-order valence-electron chi connectivity index (χ3n) is 7.04. The van der Waals surface area contributed by atoms with Crippen molar-refractivity contribution in [2.24, 2.45) is 0 Å². The number of aromatic hydroxyl groups is 1. The summed E-state index contributed by atoms with van der Waals surface area (Å²) in [6.45, 7) is 5.41. The Hall–Kier alpha value is -2.63. The molecule has 0 spiro atoms. The van der Waals surface area contributed by atoms with Crippen molar-refractivity contribution in [3.8, 4) is 5.75 Å². The zero-order valence-corrected chi connectivity index (χ0v) is 18.2. The first-order valence-corrected chi connectivity index (χ1v) is 11.0. The third kappa shape index (κ3) is 3.42. The lowest BCUT2D eigenvalue weighted by Crippen LogP contribution is -2.42. The largest absolute Gasteiger partial charge is 0.501 e. The Labute approximate surface area is 177 Å². The van der Waals surface area contributed by atoms with Crippen molar-refractivity contribution in [2.45, 2.75) is 70.8 Å². The zero-order chi connectivity index (χ0) is 21.5. The van der Waals surface area contributed by atoms with E-state index in [2.05, 4.69) is 37.0 Å². The molecule has 2 aromatic rings. The second-order valence-electron chi connectivity index (χ2n) is 8.93. The normalized spacial score (nSPS) is 18.4. The molecule has 2 aliphatic rings. The van der Waals surface area contributed by atoms with Crippen LogP contribution in [-0.2, 0) is 24.8 Å². The number of aryl methyl sites for hydroxylation is 2. The van der Waals surface area contributed by atoms with Gasteiger partial charge < -0.3 is 14.6 Å². The third-order valence-corrected chi connectivity index (χ3v) is 7.04. The van der Waals surface area contributed by atoms with E-state index in [0.717, 1.165) is 32.1 Å². The number of carbonyl (C=O) groups is 1. The summed E-state index contributed by atoms with van der Waals surface area (Å²) in [5.41, 5.74) is 3.21. The molecule has 0 atom stereocenters. The van der Waals surface area contributed by atoms with Gasteiger partial charge in [-0.05, 0) is 42.9 Å². The Morgan fingerprint density at radius 2 is 1.87 bits per heavy atom. The van der Waals surface area contributed by atoms with Crippen molar-refractivity contribution >= 4 is 5.91 Å². The predicted molar refractivity (Wildman–Crippen MR) is 116 cm³/mol. The zero-order valence-electron chi connectivity index (χ0n) is 18.2. The lowest BCUT2D eigenvalue weighted by Gasteiger charge is -2.40. The van der Waals surface area contributed by atoms with Crippen LogP contribution in [0.3, 0.4) is 0 Å². The molecule has 0 saturated heterocycles. The first kappa shape index (κ1) is 20.6. The van der Waals surface area contributed by atoms with Crippen molar-refractivity contribution in [3.63, 3.8) is 0 Å². The van der Waals surface area contributed by atoms with E-state index in [1.54, 1.807) is 16.5 Å². The van der Waals surface area contributed by atoms with Gasteiger partial charge in [0, 0.05) is 32.0 Å². The average Bonchev–Trinajstić information content (AvgIpc) is 2.75. The fourth-order valence-electron chi connectivity index (χ4n) is 5.25. The summed E-state index contributed by atoms with van der Waals surface area (Å²) < 4.78 is 1.79. The number of rotatable bonds is 4. The summed E-state index contributed by atoms with van der Waals surface area (Å²) in [5.74, 6) is -0.226. The molecule has 1 fully saturated rings. The van der Waals surface area contributed by atoms with E-state index in [4.69, 9.17) is 0 Å². The Morgan fingerprint density at radius 3 is 2.57 bits per heavy atom. The molecule has 6 nitrogen and oxygen atoms in total. The van der Waals surface area contributed by atoms with Gasteiger partial charge in [0.2, 0.25) is 5.75 Å². The molecule has 2 heterocycles. The van der Waals surface area contributed by atoms with Crippen LogP contribution in [0.4, 0.5) is 0 Å². The SMILES string of the molecule is CCc1ccc(C)c(C2(Cc3nc(=O)c(O)c4n3CCN(C)C4=O)CCCCC2)c1. The molecule has 0 unspecified atom stereocenters. The number of nitrogens with zero attached hydrogens (tertiary/aromatic N) is 3. The molecule has 1 aromatic heterocycles. The van der Waals surface area contributed by atoms with Gasteiger partial charge in [0.15, 0.2) is 5.69 Å². The van der Waals surface area contributed by atoms with Gasteiger partial charge in [0.25, 0.3) is 5.91 Å². The molecule has 1 saturated carbocycles. The maximum atomic E-state index is 12.7. The minimum Gasteiger partial charge on any atom is -0.501 e. The number of aromatic nitrogens is 2. The van der Waals surface area contributed by atoms with E-state index < -0.39 is 11.3 Å². The second kappa shape index (κ2) is 7.89. The number of hydrogen-bond acceptors (Lipinski definition) is 4. The Morgan fingerprint density at radius 1 is 1.13 bits per heavy atom. The monoisotopic (exact) mass is 409 g/mol. The van der Waals surface area contributed by atoms with Gasteiger partial charge in [0.1, 0.15) is 5.82 Å². The van der Waals surface area contributed by atoms with E-state index in [9.17, 15) is 14.7 Å². The lowest BCUT2D eigenvalue weighted by atomic mass is 9.65. The van der Waals surface area contributed by atoms with E-state index in [0.29, 0.717) is 25.3 Å². The summed E-state index contributed by atoms with van der Waals surface area (Å²) in [6.07, 6.45) is 7.19. The highest BCUT2D eigenvalue weighted by Gasteiger charge is 2.38. The van der Waals surface area contributed by atoms with Crippen molar-refractivity contribution in [1.29, 1.82) is 0 Å². The van der Waals surface area contributed by atoms with Gasteiger partial charge in [-0.1, -0.05) is 44.4 Å². The van der Waals surface area contributed by atoms with E-state index >= 15 is 0 Å². The van der Waals surface area contributed by atoms with Crippen LogP contribution in [0.1, 0.15) is 72.0 Å². The molecule has 160 valence electrons. The predicted octanol–water partition coefficient (Wildman–Crippen LogP) is 3.35. The standard InChI is InChI=1S/C24H31N3O3/c1-4-17-9-8-16(2)18(14-17)24(10-6-5-7-11-24)15-19-25-22(29)21(28)20-23(30)26(3)12-13-27(19)20/h8-9,14,28H,4-7,10-13,15H2,1-3H3. The topological polar surface area (TPSA) is 75.4 Å². The smallest absolute Gasteiger partial charge is 0.315 e. The first-order valence-electron chi connectivity index (χ1n) is 11.0. The van der Waals surface area contributed by atoms with E-state index in [-0.39, 0.29) is 17.0 Å². The maximum absolute atomic E-state index is 12.7. The van der Waals surface area contributed by atoms with Gasteiger partial charge in [-0.3, -0.25) is 9.59 Å². The molecule has 1 N–H and O–H groups in total. The van der Waals surface area contributed by atoms with Crippen LogP contribution in [0, 0.1) is 6.92 Å².